The van der Waals surface area contributed by atoms with Crippen molar-refractivity contribution in [1.82, 2.24) is 0 Å². The Morgan fingerprint density at radius 1 is 0.393 bits per heavy atom. The molecule has 61 heavy (non-hydrogen) atoms. The summed E-state index contributed by atoms with van der Waals surface area (Å²) in [5.74, 6) is -0.657. The standard InChI is InChI=1S/C56H86O5/c1-3-5-7-9-11-13-15-16-17-18-19-20-21-22-23-24-25-26-27-28-29-30-31-32-33-34-35-36-37-38-39-40-41-43-45-47-49-51-56(59)61-54(52-57)53-60-55(58)50-48-46-44-42-14-12-10-8-6-4-2/h5,7-8,10-11,13,16-17,19-20,22-23,25-26,28-29,31-32,34-35,37-38,40-41,54,57H,3-4,6,9,12,14-15,18,21,24,27,30,33,36,39,42-53H2,1-2H3/b7-5-,10-8-,13-11-,17-16-,20-19-,23-22-,26-25-,29-28-,32-31-,35-34-,38-37-,41-40-. The average molecular weight is 839 g/mol. The van der Waals surface area contributed by atoms with Gasteiger partial charge in [0.2, 0.25) is 0 Å². The van der Waals surface area contributed by atoms with Crippen LogP contribution in [0.5, 0.6) is 0 Å². The largest absolute Gasteiger partial charge is 0.462 e. The number of aliphatic hydroxyl groups excluding tert-OH is 1. The van der Waals surface area contributed by atoms with Crippen molar-refractivity contribution in [2.75, 3.05) is 13.2 Å². The van der Waals surface area contributed by atoms with Gasteiger partial charge in [0.1, 0.15) is 6.61 Å². The Balaban J connectivity index is 3.71. The number of hydrogen-bond donors (Lipinski definition) is 1. The van der Waals surface area contributed by atoms with Gasteiger partial charge in [0, 0.05) is 12.8 Å². The maximum atomic E-state index is 12.2. The van der Waals surface area contributed by atoms with Crippen LogP contribution in [-0.2, 0) is 19.1 Å². The number of ether oxygens (including phenoxy) is 2. The highest BCUT2D eigenvalue weighted by atomic mass is 16.6. The molecule has 5 heteroatoms. The maximum Gasteiger partial charge on any atom is 0.306 e. The highest BCUT2D eigenvalue weighted by Crippen LogP contribution is 2.10. The molecule has 0 bridgehead atoms. The highest BCUT2D eigenvalue weighted by molar-refractivity contribution is 5.70. The molecule has 0 aromatic rings. The van der Waals surface area contributed by atoms with Crippen molar-refractivity contribution in [1.29, 1.82) is 0 Å². The summed E-state index contributed by atoms with van der Waals surface area (Å²) in [6, 6.07) is 0. The minimum atomic E-state index is -0.802. The first-order valence-corrected chi connectivity index (χ1v) is 23.9. The van der Waals surface area contributed by atoms with Crippen LogP contribution in [0, 0.1) is 0 Å². The minimum Gasteiger partial charge on any atom is -0.462 e. The number of hydrogen-bond acceptors (Lipinski definition) is 5. The van der Waals surface area contributed by atoms with E-state index in [2.05, 4.69) is 160 Å². The number of aliphatic hydroxyl groups is 1. The molecule has 5 nitrogen and oxygen atoms in total. The molecule has 0 aromatic heterocycles. The molecule has 1 unspecified atom stereocenters. The van der Waals surface area contributed by atoms with Gasteiger partial charge in [-0.3, -0.25) is 9.59 Å². The van der Waals surface area contributed by atoms with E-state index in [0.29, 0.717) is 12.8 Å². The Kier molecular flexibility index (Phi) is 46.7. The summed E-state index contributed by atoms with van der Waals surface area (Å²) in [6.45, 7) is 3.90. The van der Waals surface area contributed by atoms with Crippen LogP contribution in [0.4, 0.5) is 0 Å². The van der Waals surface area contributed by atoms with Crippen LogP contribution in [-0.4, -0.2) is 36.4 Å². The number of rotatable bonds is 41. The van der Waals surface area contributed by atoms with Gasteiger partial charge in [-0.15, -0.1) is 0 Å². The quantitative estimate of drug-likeness (QED) is 0.0377. The van der Waals surface area contributed by atoms with Crippen molar-refractivity contribution in [3.8, 4) is 0 Å². The van der Waals surface area contributed by atoms with Crippen molar-refractivity contribution in [2.24, 2.45) is 0 Å². The van der Waals surface area contributed by atoms with E-state index in [1.165, 1.54) is 19.3 Å². The molecule has 0 fully saturated rings. The van der Waals surface area contributed by atoms with Crippen LogP contribution in [0.3, 0.4) is 0 Å². The second-order valence-electron chi connectivity index (χ2n) is 15.1. The lowest BCUT2D eigenvalue weighted by Crippen LogP contribution is -2.28. The maximum absolute atomic E-state index is 12.2. The van der Waals surface area contributed by atoms with Crippen molar-refractivity contribution in [3.63, 3.8) is 0 Å². The average Bonchev–Trinajstić information content (AvgIpc) is 3.26. The summed E-state index contributed by atoms with van der Waals surface area (Å²) in [7, 11) is 0. The molecule has 0 spiro atoms. The lowest BCUT2D eigenvalue weighted by atomic mass is 10.1. The van der Waals surface area contributed by atoms with Gasteiger partial charge in [0.05, 0.1) is 6.61 Å². The molecule has 1 N–H and O–H groups in total. The van der Waals surface area contributed by atoms with E-state index in [9.17, 15) is 14.7 Å². The van der Waals surface area contributed by atoms with Gasteiger partial charge >= 0.3 is 11.9 Å². The molecule has 0 rings (SSSR count). The fourth-order valence-electron chi connectivity index (χ4n) is 5.79. The molecular weight excluding hydrogens is 753 g/mol. The topological polar surface area (TPSA) is 72.8 Å². The Labute approximate surface area is 374 Å². The zero-order valence-electron chi connectivity index (χ0n) is 38.6. The second kappa shape index (κ2) is 50.1. The summed E-state index contributed by atoms with van der Waals surface area (Å²) in [5, 5.41) is 9.56. The van der Waals surface area contributed by atoms with Gasteiger partial charge in [-0.05, 0) is 116 Å². The lowest BCUT2D eigenvalue weighted by molar-refractivity contribution is -0.161. The number of carbonyl (C=O) groups is 2. The Hall–Kier alpha value is -4.22. The van der Waals surface area contributed by atoms with Crippen molar-refractivity contribution >= 4 is 11.9 Å². The predicted molar refractivity (Wildman–Crippen MR) is 264 cm³/mol. The van der Waals surface area contributed by atoms with Gasteiger partial charge in [-0.2, -0.15) is 0 Å². The van der Waals surface area contributed by atoms with Gasteiger partial charge in [0.15, 0.2) is 6.10 Å². The second-order valence-corrected chi connectivity index (χ2v) is 15.1. The predicted octanol–water partition coefficient (Wildman–Crippen LogP) is 15.9. The van der Waals surface area contributed by atoms with Crippen molar-refractivity contribution in [3.05, 3.63) is 146 Å². The van der Waals surface area contributed by atoms with Crippen LogP contribution in [0.15, 0.2) is 146 Å². The van der Waals surface area contributed by atoms with Crippen LogP contribution in [0.25, 0.3) is 0 Å². The number of esters is 2. The van der Waals surface area contributed by atoms with E-state index in [0.717, 1.165) is 128 Å². The third-order valence-electron chi connectivity index (χ3n) is 9.35. The molecule has 0 heterocycles. The summed E-state index contributed by atoms with van der Waals surface area (Å²) in [5.41, 5.74) is 0. The van der Waals surface area contributed by atoms with E-state index >= 15 is 0 Å². The summed E-state index contributed by atoms with van der Waals surface area (Å²) in [4.78, 5) is 24.2. The summed E-state index contributed by atoms with van der Waals surface area (Å²) >= 11 is 0. The summed E-state index contributed by atoms with van der Waals surface area (Å²) in [6.07, 6.45) is 76.6. The van der Waals surface area contributed by atoms with E-state index in [4.69, 9.17) is 9.47 Å². The molecule has 340 valence electrons. The minimum absolute atomic E-state index is 0.0935. The van der Waals surface area contributed by atoms with Gasteiger partial charge in [-0.1, -0.05) is 192 Å². The zero-order chi connectivity index (χ0) is 44.2. The lowest BCUT2D eigenvalue weighted by Gasteiger charge is -2.15. The Bertz CT molecular complexity index is 1360. The monoisotopic (exact) mass is 839 g/mol. The SMILES string of the molecule is CC/C=C\C/C=C\C/C=C\C/C=C\C/C=C\C/C=C\C/C=C\C/C=C\C/C=C\C/C=C\C/C=C\CCCCCC(=O)OC(CO)COC(=O)CCCCCCC/C=C\CCC. The molecule has 0 aliphatic carbocycles. The molecular formula is C56H86O5. The van der Waals surface area contributed by atoms with Gasteiger partial charge in [0.25, 0.3) is 0 Å². The van der Waals surface area contributed by atoms with E-state index in [1.807, 2.05) is 0 Å². The van der Waals surface area contributed by atoms with Crippen LogP contribution >= 0.6 is 0 Å². The Morgan fingerprint density at radius 3 is 1.10 bits per heavy atom. The molecule has 0 aliphatic heterocycles. The first kappa shape index (κ1) is 56.8. The zero-order valence-corrected chi connectivity index (χ0v) is 38.6. The fraction of sp³-hybridized carbons (Fsp3) is 0.536. The third-order valence-corrected chi connectivity index (χ3v) is 9.35. The fourth-order valence-corrected chi connectivity index (χ4v) is 5.79. The van der Waals surface area contributed by atoms with Crippen molar-refractivity contribution < 1.29 is 24.2 Å². The van der Waals surface area contributed by atoms with Crippen LogP contribution < -0.4 is 0 Å². The molecule has 0 aromatic carbocycles. The number of carbonyl (C=O) groups excluding carboxylic acids is 2. The highest BCUT2D eigenvalue weighted by Gasteiger charge is 2.16. The van der Waals surface area contributed by atoms with Crippen LogP contribution in [0.2, 0.25) is 0 Å². The number of unbranched alkanes of at least 4 members (excludes halogenated alkanes) is 9. The van der Waals surface area contributed by atoms with E-state index in [-0.39, 0.29) is 25.2 Å². The molecule has 0 saturated heterocycles. The molecule has 0 radical (unpaired) electrons. The number of allylic oxidation sites excluding steroid dienone is 24. The first-order chi connectivity index (χ1) is 30.1. The smallest absolute Gasteiger partial charge is 0.306 e. The van der Waals surface area contributed by atoms with E-state index in [1.54, 1.807) is 0 Å². The van der Waals surface area contributed by atoms with Gasteiger partial charge < -0.3 is 14.6 Å². The Morgan fingerprint density at radius 2 is 0.705 bits per heavy atom. The summed E-state index contributed by atoms with van der Waals surface area (Å²) < 4.78 is 10.6. The van der Waals surface area contributed by atoms with E-state index < -0.39 is 6.10 Å². The third kappa shape index (κ3) is 48.3. The first-order valence-electron chi connectivity index (χ1n) is 23.9. The molecule has 1 atom stereocenters. The molecule has 0 saturated carbocycles. The van der Waals surface area contributed by atoms with Crippen molar-refractivity contribution in [2.45, 2.75) is 180 Å². The normalized spacial score (nSPS) is 13.6. The molecule has 0 aliphatic rings. The van der Waals surface area contributed by atoms with Crippen LogP contribution in [0.1, 0.15) is 174 Å². The molecule has 0 amide bonds. The van der Waals surface area contributed by atoms with Gasteiger partial charge in [-0.25, -0.2) is 0 Å².